The molecular formula is C20H26IN3O3. The Bertz CT molecular complexity index is 755. The van der Waals surface area contributed by atoms with E-state index in [0.29, 0.717) is 19.7 Å². The molecule has 1 atom stereocenters. The van der Waals surface area contributed by atoms with Crippen molar-refractivity contribution in [2.24, 2.45) is 4.99 Å². The minimum atomic E-state index is -0.0694. The van der Waals surface area contributed by atoms with Crippen molar-refractivity contribution in [3.63, 3.8) is 0 Å². The molecule has 1 heterocycles. The number of benzene rings is 2. The Morgan fingerprint density at radius 3 is 2.63 bits per heavy atom. The van der Waals surface area contributed by atoms with Crippen LogP contribution in [0.3, 0.4) is 0 Å². The van der Waals surface area contributed by atoms with Gasteiger partial charge in [-0.1, -0.05) is 30.3 Å². The maximum atomic E-state index is 5.97. The molecule has 3 rings (SSSR count). The molecule has 0 aromatic heterocycles. The first-order valence-corrected chi connectivity index (χ1v) is 8.82. The number of hydrogen-bond acceptors (Lipinski definition) is 4. The van der Waals surface area contributed by atoms with Crippen molar-refractivity contribution in [3.05, 3.63) is 54.1 Å². The third kappa shape index (κ3) is 5.92. The van der Waals surface area contributed by atoms with Crippen LogP contribution in [0.25, 0.3) is 0 Å². The second-order valence-corrected chi connectivity index (χ2v) is 5.89. The van der Waals surface area contributed by atoms with Crippen LogP contribution in [-0.4, -0.2) is 38.9 Å². The molecule has 27 heavy (non-hydrogen) atoms. The number of aliphatic imine (C=N–C) groups is 1. The minimum absolute atomic E-state index is 0. The Kier molecular flexibility index (Phi) is 8.50. The second-order valence-electron chi connectivity index (χ2n) is 5.89. The molecule has 0 bridgehead atoms. The highest BCUT2D eigenvalue weighted by molar-refractivity contribution is 14.0. The van der Waals surface area contributed by atoms with E-state index >= 15 is 0 Å². The summed E-state index contributed by atoms with van der Waals surface area (Å²) in [6.07, 6.45) is -0.0694. The number of ether oxygens (including phenoxy) is 3. The lowest BCUT2D eigenvalue weighted by Gasteiger charge is -2.27. The van der Waals surface area contributed by atoms with Crippen molar-refractivity contribution < 1.29 is 14.2 Å². The van der Waals surface area contributed by atoms with Crippen molar-refractivity contribution in [1.82, 2.24) is 10.6 Å². The first kappa shape index (κ1) is 21.1. The lowest BCUT2D eigenvalue weighted by atomic mass is 10.2. The molecule has 2 aromatic rings. The summed E-state index contributed by atoms with van der Waals surface area (Å²) in [6, 6.07) is 15.6. The van der Waals surface area contributed by atoms with Gasteiger partial charge in [0, 0.05) is 12.1 Å². The molecule has 0 spiro atoms. The van der Waals surface area contributed by atoms with Crippen molar-refractivity contribution in [3.8, 4) is 17.2 Å². The van der Waals surface area contributed by atoms with Crippen LogP contribution in [-0.2, 0) is 6.54 Å². The number of para-hydroxylation sites is 3. The highest BCUT2D eigenvalue weighted by Gasteiger charge is 2.20. The van der Waals surface area contributed by atoms with Crippen molar-refractivity contribution in [2.75, 3.05) is 26.8 Å². The van der Waals surface area contributed by atoms with E-state index in [1.165, 1.54) is 0 Å². The van der Waals surface area contributed by atoms with Crippen molar-refractivity contribution in [2.45, 2.75) is 19.6 Å². The molecule has 6 nitrogen and oxygen atoms in total. The van der Waals surface area contributed by atoms with E-state index in [9.17, 15) is 0 Å². The standard InChI is InChI=1S/C20H25N3O3.HI/c1-3-21-20(22-12-15-8-4-5-9-17(15)24-2)23-13-16-14-25-18-10-6-7-11-19(18)26-16;/h4-11,16H,3,12-14H2,1-2H3,(H2,21,22,23);1H. The molecule has 0 saturated heterocycles. The average Bonchev–Trinajstić information content (AvgIpc) is 2.70. The maximum Gasteiger partial charge on any atom is 0.191 e. The van der Waals surface area contributed by atoms with Gasteiger partial charge >= 0.3 is 0 Å². The molecule has 0 fully saturated rings. The largest absolute Gasteiger partial charge is 0.496 e. The van der Waals surface area contributed by atoms with Crippen LogP contribution in [0.15, 0.2) is 53.5 Å². The van der Waals surface area contributed by atoms with Crippen molar-refractivity contribution >= 4 is 29.9 Å². The summed E-state index contributed by atoms with van der Waals surface area (Å²) in [5, 5.41) is 6.57. The van der Waals surface area contributed by atoms with Crippen LogP contribution in [0.2, 0.25) is 0 Å². The fraction of sp³-hybridized carbons (Fsp3) is 0.350. The van der Waals surface area contributed by atoms with Crippen molar-refractivity contribution in [1.29, 1.82) is 0 Å². The van der Waals surface area contributed by atoms with Gasteiger partial charge in [-0.3, -0.25) is 0 Å². The molecule has 1 aliphatic rings. The summed E-state index contributed by atoms with van der Waals surface area (Å²) in [7, 11) is 1.67. The Hall–Kier alpha value is -2.16. The molecule has 1 unspecified atom stereocenters. The van der Waals surface area contributed by atoms with E-state index in [4.69, 9.17) is 14.2 Å². The summed E-state index contributed by atoms with van der Waals surface area (Å²) in [5.74, 6) is 3.15. The predicted molar refractivity (Wildman–Crippen MR) is 118 cm³/mol. The van der Waals surface area contributed by atoms with E-state index in [1.807, 2.05) is 55.5 Å². The van der Waals surface area contributed by atoms with Crippen LogP contribution in [0.5, 0.6) is 17.2 Å². The van der Waals surface area contributed by atoms with Gasteiger partial charge in [0.25, 0.3) is 0 Å². The zero-order valence-corrected chi connectivity index (χ0v) is 17.9. The fourth-order valence-corrected chi connectivity index (χ4v) is 2.71. The first-order valence-electron chi connectivity index (χ1n) is 8.82. The van der Waals surface area contributed by atoms with E-state index in [0.717, 1.165) is 35.3 Å². The van der Waals surface area contributed by atoms with E-state index < -0.39 is 0 Å². The average molecular weight is 483 g/mol. The highest BCUT2D eigenvalue weighted by atomic mass is 127. The molecule has 7 heteroatoms. The molecular weight excluding hydrogens is 457 g/mol. The maximum absolute atomic E-state index is 5.97. The minimum Gasteiger partial charge on any atom is -0.496 e. The summed E-state index contributed by atoms with van der Waals surface area (Å²) in [6.45, 7) is 4.46. The van der Waals surface area contributed by atoms with Crippen LogP contribution in [0.1, 0.15) is 12.5 Å². The number of fused-ring (bicyclic) bond motifs is 1. The molecule has 146 valence electrons. The van der Waals surface area contributed by atoms with Crippen LogP contribution in [0, 0.1) is 0 Å². The summed E-state index contributed by atoms with van der Waals surface area (Å²) >= 11 is 0. The summed E-state index contributed by atoms with van der Waals surface area (Å²) < 4.78 is 17.1. The number of methoxy groups -OCH3 is 1. The number of halogens is 1. The zero-order chi connectivity index (χ0) is 18.2. The van der Waals surface area contributed by atoms with Crippen LogP contribution < -0.4 is 24.8 Å². The molecule has 2 N–H and O–H groups in total. The molecule has 1 aliphatic heterocycles. The van der Waals surface area contributed by atoms with Gasteiger partial charge in [-0.25, -0.2) is 4.99 Å². The van der Waals surface area contributed by atoms with Gasteiger partial charge in [-0.05, 0) is 25.1 Å². The zero-order valence-electron chi connectivity index (χ0n) is 15.6. The van der Waals surface area contributed by atoms with Gasteiger partial charge in [0.2, 0.25) is 0 Å². The quantitative estimate of drug-likeness (QED) is 0.376. The molecule has 0 radical (unpaired) electrons. The Morgan fingerprint density at radius 2 is 1.85 bits per heavy atom. The number of nitrogens with zero attached hydrogens (tertiary/aromatic N) is 1. The van der Waals surface area contributed by atoms with E-state index in [1.54, 1.807) is 7.11 Å². The Labute approximate surface area is 177 Å². The SMILES string of the molecule is CCNC(=NCc1ccccc1OC)NCC1COc2ccccc2O1.I. The molecule has 0 saturated carbocycles. The Balaban J connectivity index is 0.00000261. The lowest BCUT2D eigenvalue weighted by molar-refractivity contribution is 0.0936. The third-order valence-corrected chi connectivity index (χ3v) is 4.01. The number of hydrogen-bond donors (Lipinski definition) is 2. The summed E-state index contributed by atoms with van der Waals surface area (Å²) in [5.41, 5.74) is 1.04. The summed E-state index contributed by atoms with van der Waals surface area (Å²) in [4.78, 5) is 4.64. The highest BCUT2D eigenvalue weighted by Crippen LogP contribution is 2.30. The monoisotopic (exact) mass is 483 g/mol. The number of nitrogens with one attached hydrogen (secondary N) is 2. The molecule has 2 aromatic carbocycles. The number of rotatable bonds is 6. The van der Waals surface area contributed by atoms with Gasteiger partial charge < -0.3 is 24.8 Å². The molecule has 0 amide bonds. The normalized spacial score (nSPS) is 15.5. The smallest absolute Gasteiger partial charge is 0.191 e. The topological polar surface area (TPSA) is 64.1 Å². The van der Waals surface area contributed by atoms with Gasteiger partial charge in [-0.15, -0.1) is 24.0 Å². The Morgan fingerprint density at radius 1 is 1.11 bits per heavy atom. The van der Waals surface area contributed by atoms with Gasteiger partial charge in [0.15, 0.2) is 17.5 Å². The van der Waals surface area contributed by atoms with Crippen LogP contribution >= 0.6 is 24.0 Å². The lowest BCUT2D eigenvalue weighted by Crippen LogP contribution is -2.45. The second kappa shape index (κ2) is 10.9. The number of guanidine groups is 1. The first-order chi connectivity index (χ1) is 12.8. The third-order valence-electron chi connectivity index (χ3n) is 4.01. The predicted octanol–water partition coefficient (Wildman–Crippen LogP) is 3.21. The van der Waals surface area contributed by atoms with Gasteiger partial charge in [0.05, 0.1) is 20.2 Å². The van der Waals surface area contributed by atoms with Crippen LogP contribution in [0.4, 0.5) is 0 Å². The van der Waals surface area contributed by atoms with Gasteiger partial charge in [-0.2, -0.15) is 0 Å². The van der Waals surface area contributed by atoms with Gasteiger partial charge in [0.1, 0.15) is 18.5 Å². The van der Waals surface area contributed by atoms with E-state index in [2.05, 4.69) is 15.6 Å². The fourth-order valence-electron chi connectivity index (χ4n) is 2.71. The van der Waals surface area contributed by atoms with E-state index in [-0.39, 0.29) is 30.1 Å². The molecule has 0 aliphatic carbocycles.